The lowest BCUT2D eigenvalue weighted by Crippen LogP contribution is -2.50. The number of amides is 1. The van der Waals surface area contributed by atoms with Gasteiger partial charge in [-0.05, 0) is 60.1 Å². The van der Waals surface area contributed by atoms with Crippen LogP contribution in [0.5, 0.6) is 5.75 Å². The summed E-state index contributed by atoms with van der Waals surface area (Å²) in [6.45, 7) is 0.532. The maximum Gasteiger partial charge on any atom is 0.258 e. The highest BCUT2D eigenvalue weighted by Crippen LogP contribution is 2.25. The third-order valence-electron chi connectivity index (χ3n) is 3.41. The first-order valence-corrected chi connectivity index (χ1v) is 7.39. The van der Waals surface area contributed by atoms with Crippen LogP contribution in [0.3, 0.4) is 0 Å². The Kier molecular flexibility index (Phi) is 4.69. The maximum atomic E-state index is 12.6. The van der Waals surface area contributed by atoms with E-state index < -0.39 is 6.04 Å². The van der Waals surface area contributed by atoms with Crippen LogP contribution in [-0.2, 0) is 0 Å². The van der Waals surface area contributed by atoms with E-state index in [1.807, 2.05) is 0 Å². The van der Waals surface area contributed by atoms with Gasteiger partial charge in [-0.15, -0.1) is 0 Å². The number of carbonyl (C=O) groups is 1. The molecule has 0 aromatic heterocycles. The molecule has 0 aliphatic carbocycles. The van der Waals surface area contributed by atoms with Gasteiger partial charge in [0, 0.05) is 10.1 Å². The minimum Gasteiger partial charge on any atom is -0.507 e. The number of piperidine rings is 1. The van der Waals surface area contributed by atoms with Crippen LogP contribution in [0.4, 0.5) is 0 Å². The summed E-state index contributed by atoms with van der Waals surface area (Å²) < 4.78 is 0.862. The highest BCUT2D eigenvalue weighted by atomic mass is 127. The van der Waals surface area contributed by atoms with E-state index in [-0.39, 0.29) is 23.1 Å². The van der Waals surface area contributed by atoms with Crippen LogP contribution in [-0.4, -0.2) is 39.5 Å². The van der Waals surface area contributed by atoms with Crippen LogP contribution in [0.25, 0.3) is 0 Å². The van der Waals surface area contributed by atoms with E-state index >= 15 is 0 Å². The lowest BCUT2D eigenvalue weighted by molar-refractivity contribution is 0.0673. The van der Waals surface area contributed by atoms with Crippen molar-refractivity contribution in [2.75, 3.05) is 6.54 Å². The summed E-state index contributed by atoms with van der Waals surface area (Å²) in [7, 11) is 0. The Balaban J connectivity index is 2.32. The Labute approximate surface area is 130 Å². The summed E-state index contributed by atoms with van der Waals surface area (Å²) in [6, 6.07) is 4.44. The highest BCUT2D eigenvalue weighted by molar-refractivity contribution is 14.1. The van der Waals surface area contributed by atoms with Crippen molar-refractivity contribution in [3.63, 3.8) is 0 Å². The monoisotopic (exact) mass is 389 g/mol. The van der Waals surface area contributed by atoms with Gasteiger partial charge in [0.1, 0.15) is 5.75 Å². The van der Waals surface area contributed by atoms with Crippen molar-refractivity contribution in [1.82, 2.24) is 4.90 Å². The van der Waals surface area contributed by atoms with E-state index in [1.54, 1.807) is 17.0 Å². The number of amidine groups is 1. The van der Waals surface area contributed by atoms with Gasteiger partial charge in [0.15, 0.2) is 5.84 Å². The van der Waals surface area contributed by atoms with E-state index in [9.17, 15) is 9.90 Å². The van der Waals surface area contributed by atoms with Gasteiger partial charge >= 0.3 is 0 Å². The Morgan fingerprint density at radius 1 is 1.45 bits per heavy atom. The minimum absolute atomic E-state index is 0.0307. The second-order valence-electron chi connectivity index (χ2n) is 4.70. The number of hydrogen-bond donors (Lipinski definition) is 3. The van der Waals surface area contributed by atoms with Crippen LogP contribution in [0.15, 0.2) is 23.4 Å². The summed E-state index contributed by atoms with van der Waals surface area (Å²) in [5.74, 6) is -0.320. The van der Waals surface area contributed by atoms with Crippen LogP contribution < -0.4 is 5.73 Å². The molecule has 0 radical (unpaired) electrons. The van der Waals surface area contributed by atoms with E-state index in [0.717, 1.165) is 16.4 Å². The van der Waals surface area contributed by atoms with Gasteiger partial charge in [-0.1, -0.05) is 5.16 Å². The predicted octanol–water partition coefficient (Wildman–Crippen LogP) is 1.74. The number of halogens is 1. The summed E-state index contributed by atoms with van der Waals surface area (Å²) in [6.07, 6.45) is 2.45. The molecule has 1 atom stereocenters. The molecule has 1 amide bonds. The second-order valence-corrected chi connectivity index (χ2v) is 5.94. The van der Waals surface area contributed by atoms with Gasteiger partial charge in [0.25, 0.3) is 5.91 Å². The van der Waals surface area contributed by atoms with Gasteiger partial charge in [0.05, 0.1) is 11.6 Å². The molecule has 1 heterocycles. The predicted molar refractivity (Wildman–Crippen MR) is 82.9 cm³/mol. The standard InChI is InChI=1S/C13H16IN3O3/c14-8-4-5-11(18)9(7-8)13(19)17-6-2-1-3-10(17)12(15)16-20/h4-5,7,10,18,20H,1-3,6H2,(H2,15,16). The molecule has 20 heavy (non-hydrogen) atoms. The number of phenols is 1. The molecule has 6 nitrogen and oxygen atoms in total. The van der Waals surface area contributed by atoms with Gasteiger partial charge in [0.2, 0.25) is 0 Å². The van der Waals surface area contributed by atoms with Crippen LogP contribution >= 0.6 is 22.6 Å². The summed E-state index contributed by atoms with van der Waals surface area (Å²) >= 11 is 2.08. The topological polar surface area (TPSA) is 99.2 Å². The Morgan fingerprint density at radius 3 is 2.90 bits per heavy atom. The minimum atomic E-state index is -0.418. The van der Waals surface area contributed by atoms with Crippen molar-refractivity contribution in [1.29, 1.82) is 0 Å². The largest absolute Gasteiger partial charge is 0.507 e. The molecular formula is C13H16IN3O3. The fourth-order valence-electron chi connectivity index (χ4n) is 2.38. The molecule has 0 bridgehead atoms. The summed E-state index contributed by atoms with van der Waals surface area (Å²) in [5, 5.41) is 21.7. The van der Waals surface area contributed by atoms with Crippen molar-refractivity contribution in [2.45, 2.75) is 25.3 Å². The molecule has 1 fully saturated rings. The molecule has 0 spiro atoms. The number of benzene rings is 1. The number of nitrogens with zero attached hydrogens (tertiary/aromatic N) is 2. The molecule has 7 heteroatoms. The number of carbonyl (C=O) groups excluding carboxylic acids is 1. The van der Waals surface area contributed by atoms with Crippen molar-refractivity contribution in [3.05, 3.63) is 27.3 Å². The fourth-order valence-corrected chi connectivity index (χ4v) is 2.87. The quantitative estimate of drug-likeness (QED) is 0.236. The van der Waals surface area contributed by atoms with E-state index in [2.05, 4.69) is 27.7 Å². The third-order valence-corrected chi connectivity index (χ3v) is 4.08. The van der Waals surface area contributed by atoms with Crippen LogP contribution in [0.2, 0.25) is 0 Å². The van der Waals surface area contributed by atoms with Gasteiger partial charge in [-0.3, -0.25) is 4.79 Å². The van der Waals surface area contributed by atoms with Crippen LogP contribution in [0, 0.1) is 3.57 Å². The highest BCUT2D eigenvalue weighted by Gasteiger charge is 2.31. The molecule has 1 aliphatic rings. The fraction of sp³-hybridized carbons (Fsp3) is 0.385. The van der Waals surface area contributed by atoms with E-state index in [1.165, 1.54) is 6.07 Å². The molecule has 2 rings (SSSR count). The summed E-state index contributed by atoms with van der Waals surface area (Å²) in [5.41, 5.74) is 5.91. The number of rotatable bonds is 2. The average Bonchev–Trinajstić information content (AvgIpc) is 2.48. The van der Waals surface area contributed by atoms with Crippen molar-refractivity contribution >= 4 is 34.3 Å². The third kappa shape index (κ3) is 2.97. The molecular weight excluding hydrogens is 373 g/mol. The van der Waals surface area contributed by atoms with E-state index in [4.69, 9.17) is 10.9 Å². The van der Waals surface area contributed by atoms with Gasteiger partial charge in [-0.25, -0.2) is 0 Å². The molecule has 1 aliphatic heterocycles. The van der Waals surface area contributed by atoms with Crippen molar-refractivity contribution in [3.8, 4) is 5.75 Å². The first-order chi connectivity index (χ1) is 9.54. The average molecular weight is 389 g/mol. The number of nitrogens with two attached hydrogens (primary N) is 1. The SMILES string of the molecule is N/C(=N/O)C1CCCCN1C(=O)c1cc(I)ccc1O. The normalized spacial score (nSPS) is 19.9. The zero-order valence-corrected chi connectivity index (χ0v) is 12.9. The maximum absolute atomic E-state index is 12.6. The van der Waals surface area contributed by atoms with Gasteiger partial charge < -0.3 is 20.9 Å². The zero-order chi connectivity index (χ0) is 14.7. The molecule has 1 saturated heterocycles. The van der Waals surface area contributed by atoms with Gasteiger partial charge in [-0.2, -0.15) is 0 Å². The zero-order valence-electron chi connectivity index (χ0n) is 10.8. The lowest BCUT2D eigenvalue weighted by atomic mass is 10.00. The number of oxime groups is 1. The van der Waals surface area contributed by atoms with E-state index in [0.29, 0.717) is 13.0 Å². The second kappa shape index (κ2) is 6.29. The Bertz CT molecular complexity index is 548. The molecule has 4 N–H and O–H groups in total. The lowest BCUT2D eigenvalue weighted by Gasteiger charge is -2.35. The number of phenolic OH excluding ortho intramolecular Hbond substituents is 1. The molecule has 1 unspecified atom stereocenters. The first kappa shape index (κ1) is 14.9. The number of likely N-dealkylation sites (tertiary alicyclic amines) is 1. The summed E-state index contributed by atoms with van der Waals surface area (Å²) in [4.78, 5) is 14.1. The van der Waals surface area contributed by atoms with Crippen LogP contribution in [0.1, 0.15) is 29.6 Å². The molecule has 1 aromatic rings. The van der Waals surface area contributed by atoms with Crippen molar-refractivity contribution < 1.29 is 15.1 Å². The first-order valence-electron chi connectivity index (χ1n) is 6.31. The molecule has 1 aromatic carbocycles. The smallest absolute Gasteiger partial charge is 0.258 e. The number of aromatic hydroxyl groups is 1. The van der Waals surface area contributed by atoms with Crippen molar-refractivity contribution in [2.24, 2.45) is 10.9 Å². The number of hydrogen-bond acceptors (Lipinski definition) is 4. The Hall–Kier alpha value is -1.51. The molecule has 0 saturated carbocycles. The Morgan fingerprint density at radius 2 is 2.20 bits per heavy atom. The molecule has 108 valence electrons.